The van der Waals surface area contributed by atoms with E-state index in [2.05, 4.69) is 0 Å². The zero-order valence-corrected chi connectivity index (χ0v) is 19.0. The van der Waals surface area contributed by atoms with Gasteiger partial charge in [-0.3, -0.25) is 10.0 Å². The minimum absolute atomic E-state index is 0.000119. The van der Waals surface area contributed by atoms with Crippen LogP contribution in [-0.4, -0.2) is 85.0 Å². The van der Waals surface area contributed by atoms with Crippen molar-refractivity contribution < 1.29 is 28.3 Å². The molecule has 0 radical (unpaired) electrons. The molecule has 2 aliphatic heterocycles. The van der Waals surface area contributed by atoms with E-state index in [1.54, 1.807) is 23.7 Å². The minimum atomic E-state index is -3.86. The number of carbonyl (C=O) groups is 2. The maximum Gasteiger partial charge on any atom is 0.407 e. The van der Waals surface area contributed by atoms with Crippen molar-refractivity contribution in [3.63, 3.8) is 0 Å². The Balaban J connectivity index is 1.71. The second-order valence-corrected chi connectivity index (χ2v) is 10.5. The number of piperidine rings is 1. The first-order valence-corrected chi connectivity index (χ1v) is 12.1. The number of para-hydroxylation sites is 1. The molecule has 0 aliphatic carbocycles. The summed E-state index contributed by atoms with van der Waals surface area (Å²) < 4.78 is 27.6. The van der Waals surface area contributed by atoms with Crippen LogP contribution in [0.15, 0.2) is 18.2 Å². The molecule has 3 rings (SSSR count). The number of hydrogen-bond donors (Lipinski definition) is 3. The lowest BCUT2D eigenvalue weighted by molar-refractivity contribution is -0.141. The summed E-state index contributed by atoms with van der Waals surface area (Å²) in [6, 6.07) is 5.16. The van der Waals surface area contributed by atoms with Gasteiger partial charge in [0.15, 0.2) is 0 Å². The molecule has 172 valence electrons. The van der Waals surface area contributed by atoms with Crippen LogP contribution >= 0.6 is 23.2 Å². The van der Waals surface area contributed by atoms with Crippen LogP contribution in [0.2, 0.25) is 10.0 Å². The number of likely N-dealkylation sites (tertiary alicyclic amines) is 1. The third kappa shape index (κ3) is 5.01. The fourth-order valence-corrected chi connectivity index (χ4v) is 6.76. The Bertz CT molecular complexity index is 924. The van der Waals surface area contributed by atoms with E-state index in [1.807, 2.05) is 4.90 Å². The van der Waals surface area contributed by atoms with Crippen molar-refractivity contribution in [2.75, 3.05) is 49.9 Å². The van der Waals surface area contributed by atoms with Gasteiger partial charge in [0.25, 0.3) is 5.91 Å². The molecule has 13 heteroatoms. The van der Waals surface area contributed by atoms with E-state index in [9.17, 15) is 23.2 Å². The highest BCUT2D eigenvalue weighted by Crippen LogP contribution is 2.36. The Kier molecular flexibility index (Phi) is 7.21. The van der Waals surface area contributed by atoms with Gasteiger partial charge in [-0.1, -0.05) is 29.3 Å². The smallest absolute Gasteiger partial charge is 0.407 e. The Morgan fingerprint density at radius 3 is 2.06 bits per heavy atom. The molecule has 0 spiro atoms. The zero-order valence-electron chi connectivity index (χ0n) is 16.6. The quantitative estimate of drug-likeness (QED) is 0.419. The molecule has 1 aromatic carbocycles. The molecule has 0 aromatic heterocycles. The summed E-state index contributed by atoms with van der Waals surface area (Å²) in [4.78, 5) is 26.6. The molecule has 2 amide bonds. The number of halogens is 2. The predicted octanol–water partition coefficient (Wildman–Crippen LogP) is 1.71. The fraction of sp³-hybridized carbons (Fsp3) is 0.556. The van der Waals surface area contributed by atoms with E-state index in [0.29, 0.717) is 28.8 Å². The third-order valence-electron chi connectivity index (χ3n) is 5.92. The predicted molar refractivity (Wildman–Crippen MR) is 115 cm³/mol. The largest absolute Gasteiger partial charge is 0.465 e. The van der Waals surface area contributed by atoms with Crippen molar-refractivity contribution in [2.45, 2.75) is 12.8 Å². The van der Waals surface area contributed by atoms with Crippen molar-refractivity contribution in [3.8, 4) is 0 Å². The van der Waals surface area contributed by atoms with Crippen LogP contribution in [-0.2, 0) is 14.8 Å². The van der Waals surface area contributed by atoms with Crippen LogP contribution in [0.3, 0.4) is 0 Å². The average Bonchev–Trinajstić information content (AvgIpc) is 2.73. The van der Waals surface area contributed by atoms with Gasteiger partial charge in [0.1, 0.15) is 0 Å². The molecule has 31 heavy (non-hydrogen) atoms. The number of carbonyl (C=O) groups excluding carboxylic acids is 1. The molecule has 0 bridgehead atoms. The second-order valence-electron chi connectivity index (χ2n) is 7.70. The lowest BCUT2D eigenvalue weighted by Crippen LogP contribution is -2.56. The lowest BCUT2D eigenvalue weighted by Gasteiger charge is -2.41. The number of nitrogens with zero attached hydrogens (tertiary/aromatic N) is 3. The molecule has 0 atom stereocenters. The summed E-state index contributed by atoms with van der Waals surface area (Å²) in [5, 5.41) is 19.3. The van der Waals surface area contributed by atoms with E-state index < -0.39 is 33.2 Å². The standard InChI is InChI=1S/C18H24Cl2N4O6S/c19-13-2-1-3-14(20)15(13)22-8-10-24(11-9-22)31(29,30)12-18(16(25)21-28)4-6-23(7-5-18)17(26)27/h1-3,28H,4-12H2,(H,21,25)(H,26,27). The third-order valence-corrected chi connectivity index (χ3v) is 8.60. The number of hydroxylamine groups is 1. The van der Waals surface area contributed by atoms with Crippen molar-refractivity contribution in [3.05, 3.63) is 28.2 Å². The van der Waals surface area contributed by atoms with E-state index in [-0.39, 0.29) is 39.0 Å². The van der Waals surface area contributed by atoms with Gasteiger partial charge >= 0.3 is 6.09 Å². The molecule has 10 nitrogen and oxygen atoms in total. The summed E-state index contributed by atoms with van der Waals surface area (Å²) in [7, 11) is -3.86. The van der Waals surface area contributed by atoms with Gasteiger partial charge in [0.05, 0.1) is 26.9 Å². The summed E-state index contributed by atoms with van der Waals surface area (Å²) in [5.74, 6) is -1.32. The number of piperazine rings is 1. The lowest BCUT2D eigenvalue weighted by atomic mass is 9.79. The molecule has 0 saturated carbocycles. The highest BCUT2D eigenvalue weighted by atomic mass is 35.5. The first-order valence-electron chi connectivity index (χ1n) is 9.69. The van der Waals surface area contributed by atoms with Gasteiger partial charge in [-0.15, -0.1) is 0 Å². The molecule has 2 saturated heterocycles. The molecule has 2 aliphatic rings. The van der Waals surface area contributed by atoms with E-state index in [1.165, 1.54) is 4.31 Å². The van der Waals surface area contributed by atoms with Crippen LogP contribution in [0.1, 0.15) is 12.8 Å². The number of hydrogen-bond acceptors (Lipinski definition) is 6. The van der Waals surface area contributed by atoms with Crippen LogP contribution in [0.4, 0.5) is 10.5 Å². The van der Waals surface area contributed by atoms with Gasteiger partial charge in [-0.05, 0) is 25.0 Å². The molecular weight excluding hydrogens is 471 g/mol. The molecule has 2 heterocycles. The normalized spacial score (nSPS) is 19.8. The highest BCUT2D eigenvalue weighted by Gasteiger charge is 2.47. The van der Waals surface area contributed by atoms with Crippen molar-refractivity contribution in [1.82, 2.24) is 14.7 Å². The van der Waals surface area contributed by atoms with Crippen LogP contribution in [0, 0.1) is 5.41 Å². The van der Waals surface area contributed by atoms with Crippen LogP contribution < -0.4 is 10.4 Å². The van der Waals surface area contributed by atoms with E-state index in [0.717, 1.165) is 4.90 Å². The topological polar surface area (TPSA) is 130 Å². The Morgan fingerprint density at radius 2 is 1.58 bits per heavy atom. The van der Waals surface area contributed by atoms with Crippen molar-refractivity contribution >= 4 is 50.9 Å². The SMILES string of the molecule is O=C(O)N1CCC(CS(=O)(=O)N2CCN(c3c(Cl)cccc3Cl)CC2)(C(=O)NO)CC1. The summed E-state index contributed by atoms with van der Waals surface area (Å²) in [6.45, 7) is 1.13. The minimum Gasteiger partial charge on any atom is -0.465 e. The Morgan fingerprint density at radius 1 is 1.03 bits per heavy atom. The average molecular weight is 495 g/mol. The molecule has 3 N–H and O–H groups in total. The first-order chi connectivity index (χ1) is 14.6. The molecule has 0 unspecified atom stereocenters. The second kappa shape index (κ2) is 9.37. The zero-order chi connectivity index (χ0) is 22.8. The number of carboxylic acid groups (broad SMARTS) is 1. The van der Waals surface area contributed by atoms with E-state index in [4.69, 9.17) is 28.3 Å². The fourth-order valence-electron chi connectivity index (χ4n) is 4.10. The number of rotatable bonds is 5. The number of sulfonamides is 1. The first kappa shape index (κ1) is 23.9. The van der Waals surface area contributed by atoms with Gasteiger partial charge in [0.2, 0.25) is 10.0 Å². The van der Waals surface area contributed by atoms with Crippen molar-refractivity contribution in [1.29, 1.82) is 0 Å². The van der Waals surface area contributed by atoms with Gasteiger partial charge in [0, 0.05) is 39.3 Å². The van der Waals surface area contributed by atoms with Gasteiger partial charge in [-0.25, -0.2) is 18.7 Å². The Hall–Kier alpha value is -1.79. The maximum absolute atomic E-state index is 13.1. The maximum atomic E-state index is 13.1. The highest BCUT2D eigenvalue weighted by molar-refractivity contribution is 7.89. The van der Waals surface area contributed by atoms with Crippen LogP contribution in [0.25, 0.3) is 0 Å². The Labute approximate surface area is 190 Å². The molecule has 1 aromatic rings. The molecular formula is C18H24Cl2N4O6S. The molecule has 2 fully saturated rings. The van der Waals surface area contributed by atoms with Crippen molar-refractivity contribution in [2.24, 2.45) is 5.41 Å². The van der Waals surface area contributed by atoms with E-state index >= 15 is 0 Å². The van der Waals surface area contributed by atoms with Crippen LogP contribution in [0.5, 0.6) is 0 Å². The number of nitrogens with one attached hydrogen (secondary N) is 1. The monoisotopic (exact) mass is 494 g/mol. The summed E-state index contributed by atoms with van der Waals surface area (Å²) >= 11 is 12.5. The summed E-state index contributed by atoms with van der Waals surface area (Å²) in [5.41, 5.74) is 0.813. The number of anilines is 1. The van der Waals surface area contributed by atoms with Gasteiger partial charge < -0.3 is 14.9 Å². The van der Waals surface area contributed by atoms with Gasteiger partial charge in [-0.2, -0.15) is 4.31 Å². The number of benzene rings is 1. The summed E-state index contributed by atoms with van der Waals surface area (Å²) in [6.07, 6.45) is -1.13. The number of amides is 2.